The highest BCUT2D eigenvalue weighted by Crippen LogP contribution is 2.28. The number of hydrogen-bond acceptors (Lipinski definition) is 4. The highest BCUT2D eigenvalue weighted by Gasteiger charge is 2.26. The molecule has 5 heteroatoms. The first-order chi connectivity index (χ1) is 11.3. The number of benzene rings is 2. The van der Waals surface area contributed by atoms with Gasteiger partial charge >= 0.3 is 0 Å². The Balaban J connectivity index is 1.83. The van der Waals surface area contributed by atoms with Gasteiger partial charge in [0.1, 0.15) is 11.9 Å². The smallest absolute Gasteiger partial charge is 0.118 e. The van der Waals surface area contributed by atoms with E-state index in [0.717, 1.165) is 21.5 Å². The molecule has 1 N–H and O–H groups in total. The van der Waals surface area contributed by atoms with Crippen molar-refractivity contribution in [3.63, 3.8) is 0 Å². The molecule has 23 heavy (non-hydrogen) atoms. The van der Waals surface area contributed by atoms with E-state index in [4.69, 9.17) is 14.2 Å². The van der Waals surface area contributed by atoms with E-state index in [1.54, 1.807) is 7.11 Å². The average Bonchev–Trinajstić information content (AvgIpc) is 2.62. The van der Waals surface area contributed by atoms with Gasteiger partial charge in [-0.2, -0.15) is 0 Å². The molecule has 0 aromatic heterocycles. The number of hydrogen-bond donors (Lipinski definition) is 1. The Kier molecular flexibility index (Phi) is 5.54. The van der Waals surface area contributed by atoms with Crippen LogP contribution in [0.15, 0.2) is 53.0 Å². The predicted molar refractivity (Wildman–Crippen MR) is 94.1 cm³/mol. The highest BCUT2D eigenvalue weighted by atomic mass is 79.9. The molecule has 0 bridgehead atoms. The van der Waals surface area contributed by atoms with E-state index in [2.05, 4.69) is 33.4 Å². The molecule has 0 aliphatic carbocycles. The minimum atomic E-state index is -0.0270. The molecular weight excluding hydrogens is 358 g/mol. The first-order valence-corrected chi connectivity index (χ1v) is 8.41. The minimum Gasteiger partial charge on any atom is -0.497 e. The second-order valence-corrected chi connectivity index (χ2v) is 6.30. The fourth-order valence-corrected chi connectivity index (χ4v) is 2.89. The first kappa shape index (κ1) is 16.3. The van der Waals surface area contributed by atoms with Crippen molar-refractivity contribution in [2.75, 3.05) is 32.2 Å². The Morgan fingerprint density at radius 2 is 1.83 bits per heavy atom. The Bertz CT molecular complexity index is 609. The summed E-state index contributed by atoms with van der Waals surface area (Å²) in [5.74, 6) is 0.844. The number of anilines is 1. The van der Waals surface area contributed by atoms with Crippen molar-refractivity contribution in [2.45, 2.75) is 12.1 Å². The van der Waals surface area contributed by atoms with Crippen LogP contribution in [0.3, 0.4) is 0 Å². The third kappa shape index (κ3) is 4.25. The van der Waals surface area contributed by atoms with Gasteiger partial charge in [0.25, 0.3) is 0 Å². The average molecular weight is 378 g/mol. The molecule has 1 saturated heterocycles. The Hall–Kier alpha value is -1.56. The molecule has 0 amide bonds. The van der Waals surface area contributed by atoms with Crippen molar-refractivity contribution in [3.05, 3.63) is 58.6 Å². The molecule has 122 valence electrons. The SMILES string of the molecule is COc1ccc(C(Nc2ccc(Br)cc2)C2COCCO2)cc1. The lowest BCUT2D eigenvalue weighted by Gasteiger charge is -2.32. The van der Waals surface area contributed by atoms with Crippen molar-refractivity contribution in [3.8, 4) is 5.75 Å². The van der Waals surface area contributed by atoms with Gasteiger partial charge in [-0.25, -0.2) is 0 Å². The summed E-state index contributed by atoms with van der Waals surface area (Å²) < 4.78 is 17.8. The molecule has 1 fully saturated rings. The first-order valence-electron chi connectivity index (χ1n) is 7.61. The van der Waals surface area contributed by atoms with Gasteiger partial charge in [-0.15, -0.1) is 0 Å². The molecule has 4 nitrogen and oxygen atoms in total. The lowest BCUT2D eigenvalue weighted by Crippen LogP contribution is -2.37. The minimum absolute atomic E-state index is 0.0161. The van der Waals surface area contributed by atoms with E-state index in [-0.39, 0.29) is 12.1 Å². The molecule has 2 aromatic carbocycles. The number of halogens is 1. The lowest BCUT2D eigenvalue weighted by atomic mass is 10.0. The second-order valence-electron chi connectivity index (χ2n) is 5.39. The summed E-state index contributed by atoms with van der Waals surface area (Å²) in [7, 11) is 1.67. The molecule has 0 saturated carbocycles. The Labute approximate surface area is 144 Å². The number of ether oxygens (including phenoxy) is 3. The van der Waals surface area contributed by atoms with Crippen molar-refractivity contribution in [2.24, 2.45) is 0 Å². The summed E-state index contributed by atoms with van der Waals surface area (Å²) in [6, 6.07) is 16.2. The van der Waals surface area contributed by atoms with E-state index in [9.17, 15) is 0 Å². The summed E-state index contributed by atoms with van der Waals surface area (Å²) in [6.45, 7) is 1.86. The Morgan fingerprint density at radius 3 is 2.43 bits per heavy atom. The number of nitrogens with one attached hydrogen (secondary N) is 1. The van der Waals surface area contributed by atoms with Crippen LogP contribution in [0.2, 0.25) is 0 Å². The van der Waals surface area contributed by atoms with Crippen LogP contribution < -0.4 is 10.1 Å². The van der Waals surface area contributed by atoms with Crippen molar-refractivity contribution in [1.82, 2.24) is 0 Å². The molecule has 0 radical (unpaired) electrons. The van der Waals surface area contributed by atoms with Gasteiger partial charge in [0.15, 0.2) is 0 Å². The summed E-state index contributed by atoms with van der Waals surface area (Å²) in [4.78, 5) is 0. The molecule has 1 aliphatic heterocycles. The van der Waals surface area contributed by atoms with E-state index >= 15 is 0 Å². The van der Waals surface area contributed by atoms with Crippen molar-refractivity contribution < 1.29 is 14.2 Å². The van der Waals surface area contributed by atoms with Crippen LogP contribution in [0.1, 0.15) is 11.6 Å². The van der Waals surface area contributed by atoms with Gasteiger partial charge < -0.3 is 19.5 Å². The molecule has 2 atom stereocenters. The maximum absolute atomic E-state index is 5.92. The van der Waals surface area contributed by atoms with Crippen LogP contribution in [0.4, 0.5) is 5.69 Å². The third-order valence-corrected chi connectivity index (χ3v) is 4.38. The van der Waals surface area contributed by atoms with E-state index in [1.165, 1.54) is 0 Å². The monoisotopic (exact) mass is 377 g/mol. The van der Waals surface area contributed by atoms with E-state index in [0.29, 0.717) is 19.8 Å². The topological polar surface area (TPSA) is 39.7 Å². The van der Waals surface area contributed by atoms with Gasteiger partial charge in [-0.05, 0) is 42.0 Å². The van der Waals surface area contributed by atoms with Crippen molar-refractivity contribution in [1.29, 1.82) is 0 Å². The largest absolute Gasteiger partial charge is 0.497 e. The molecule has 1 aliphatic rings. The van der Waals surface area contributed by atoms with Crippen molar-refractivity contribution >= 4 is 21.6 Å². The zero-order valence-corrected chi connectivity index (χ0v) is 14.6. The Morgan fingerprint density at radius 1 is 1.09 bits per heavy atom. The fourth-order valence-electron chi connectivity index (χ4n) is 2.63. The van der Waals surface area contributed by atoms with E-state index < -0.39 is 0 Å². The van der Waals surface area contributed by atoms with Crippen LogP contribution in [-0.4, -0.2) is 33.0 Å². The van der Waals surface area contributed by atoms with Gasteiger partial charge in [-0.3, -0.25) is 0 Å². The predicted octanol–water partition coefficient (Wildman–Crippen LogP) is 4.03. The van der Waals surface area contributed by atoms with Crippen LogP contribution in [-0.2, 0) is 9.47 Å². The van der Waals surface area contributed by atoms with Gasteiger partial charge in [0.2, 0.25) is 0 Å². The zero-order valence-electron chi connectivity index (χ0n) is 13.0. The van der Waals surface area contributed by atoms with Gasteiger partial charge in [-0.1, -0.05) is 28.1 Å². The lowest BCUT2D eigenvalue weighted by molar-refractivity contribution is -0.0950. The molecular formula is C18H20BrNO3. The maximum atomic E-state index is 5.92. The van der Waals surface area contributed by atoms with Gasteiger partial charge in [0.05, 0.1) is 33.0 Å². The van der Waals surface area contributed by atoms with Crippen LogP contribution in [0.25, 0.3) is 0 Å². The molecule has 0 spiro atoms. The summed E-state index contributed by atoms with van der Waals surface area (Å²) in [5.41, 5.74) is 2.19. The number of rotatable bonds is 5. The van der Waals surface area contributed by atoms with Crippen LogP contribution in [0.5, 0.6) is 5.75 Å². The third-order valence-electron chi connectivity index (χ3n) is 3.85. The quantitative estimate of drug-likeness (QED) is 0.853. The molecule has 3 rings (SSSR count). The molecule has 2 aromatic rings. The number of methoxy groups -OCH3 is 1. The summed E-state index contributed by atoms with van der Waals surface area (Å²) >= 11 is 3.46. The summed E-state index contributed by atoms with van der Waals surface area (Å²) in [6.07, 6.45) is -0.0270. The zero-order chi connectivity index (χ0) is 16.1. The molecule has 1 heterocycles. The highest BCUT2D eigenvalue weighted by molar-refractivity contribution is 9.10. The van der Waals surface area contributed by atoms with E-state index in [1.807, 2.05) is 36.4 Å². The normalized spacial score (nSPS) is 19.1. The maximum Gasteiger partial charge on any atom is 0.118 e. The molecule has 2 unspecified atom stereocenters. The summed E-state index contributed by atoms with van der Waals surface area (Å²) in [5, 5.41) is 3.56. The second kappa shape index (κ2) is 7.81. The standard InChI is InChI=1S/C18H20BrNO3/c1-21-16-8-2-13(3-9-16)18(17-12-22-10-11-23-17)20-15-6-4-14(19)5-7-15/h2-9,17-18,20H,10-12H2,1H3. The van der Waals surface area contributed by atoms with Gasteiger partial charge in [0, 0.05) is 10.2 Å². The fraction of sp³-hybridized carbons (Fsp3) is 0.333. The van der Waals surface area contributed by atoms with Crippen LogP contribution in [0, 0.1) is 0 Å². The van der Waals surface area contributed by atoms with Crippen LogP contribution >= 0.6 is 15.9 Å².